The van der Waals surface area contributed by atoms with Crippen molar-refractivity contribution in [3.05, 3.63) is 21.2 Å². The molecule has 5 nitrogen and oxygen atoms in total. The number of hydrogen-bond acceptors (Lipinski definition) is 4. The van der Waals surface area contributed by atoms with Crippen molar-refractivity contribution in [1.29, 1.82) is 0 Å². The Bertz CT molecular complexity index is 485. The monoisotopic (exact) mass is 312 g/mol. The summed E-state index contributed by atoms with van der Waals surface area (Å²) in [6.45, 7) is 3.29. The van der Waals surface area contributed by atoms with Crippen LogP contribution in [0.25, 0.3) is 0 Å². The molecule has 1 saturated carbocycles. The van der Waals surface area contributed by atoms with Crippen molar-refractivity contribution in [2.24, 2.45) is 5.92 Å². The molecular formula is C12H17BrN4O. The molecule has 0 amide bonds. The number of hydrogen-bond donors (Lipinski definition) is 2. The first-order chi connectivity index (χ1) is 8.74. The number of rotatable bonds is 4. The van der Waals surface area contributed by atoms with Crippen LogP contribution < -0.4 is 10.9 Å². The summed E-state index contributed by atoms with van der Waals surface area (Å²) in [5.74, 6) is 1.31. The number of nitrogens with zero attached hydrogens (tertiary/aromatic N) is 2. The number of aromatic nitrogens is 2. The third-order valence-electron chi connectivity index (χ3n) is 3.74. The van der Waals surface area contributed by atoms with Crippen LogP contribution in [0.2, 0.25) is 0 Å². The predicted octanol–water partition coefficient (Wildman–Crippen LogP) is 1.43. The van der Waals surface area contributed by atoms with E-state index >= 15 is 0 Å². The summed E-state index contributed by atoms with van der Waals surface area (Å²) in [6.07, 6.45) is 5.42. The molecule has 1 aliphatic carbocycles. The van der Waals surface area contributed by atoms with Gasteiger partial charge in [-0.1, -0.05) is 0 Å². The smallest absolute Gasteiger partial charge is 0.267 e. The van der Waals surface area contributed by atoms with Gasteiger partial charge in [0.1, 0.15) is 10.3 Å². The van der Waals surface area contributed by atoms with E-state index in [1.54, 1.807) is 0 Å². The standard InChI is InChI=1S/C12H17BrN4O/c13-10-11(15-7-16-12(10)18)14-5-8-3-4-17(6-8)9-1-2-9/h7-9H,1-6H2,(H2,14,15,16,18). The van der Waals surface area contributed by atoms with Gasteiger partial charge in [0.25, 0.3) is 5.56 Å². The minimum Gasteiger partial charge on any atom is -0.369 e. The molecule has 2 fully saturated rings. The van der Waals surface area contributed by atoms with Gasteiger partial charge in [-0.3, -0.25) is 4.79 Å². The van der Waals surface area contributed by atoms with Crippen LogP contribution in [0.4, 0.5) is 5.82 Å². The molecule has 2 aliphatic rings. The van der Waals surface area contributed by atoms with Gasteiger partial charge < -0.3 is 15.2 Å². The van der Waals surface area contributed by atoms with Gasteiger partial charge in [-0.2, -0.15) is 0 Å². The maximum absolute atomic E-state index is 11.4. The van der Waals surface area contributed by atoms with E-state index in [1.807, 2.05) is 0 Å². The van der Waals surface area contributed by atoms with Gasteiger partial charge >= 0.3 is 0 Å². The molecule has 2 heterocycles. The molecule has 0 radical (unpaired) electrons. The van der Waals surface area contributed by atoms with Gasteiger partial charge in [-0.15, -0.1) is 0 Å². The number of anilines is 1. The first-order valence-corrected chi connectivity index (χ1v) is 7.24. The lowest BCUT2D eigenvalue weighted by Crippen LogP contribution is -2.25. The highest BCUT2D eigenvalue weighted by atomic mass is 79.9. The molecule has 1 aliphatic heterocycles. The summed E-state index contributed by atoms with van der Waals surface area (Å²) in [7, 11) is 0. The zero-order valence-electron chi connectivity index (χ0n) is 10.2. The Morgan fingerprint density at radius 3 is 3.11 bits per heavy atom. The molecule has 98 valence electrons. The average Bonchev–Trinajstić information content (AvgIpc) is 3.11. The molecule has 1 saturated heterocycles. The Labute approximate surface area is 114 Å². The van der Waals surface area contributed by atoms with Crippen molar-refractivity contribution in [3.8, 4) is 0 Å². The summed E-state index contributed by atoms with van der Waals surface area (Å²) >= 11 is 3.26. The maximum atomic E-state index is 11.4. The first-order valence-electron chi connectivity index (χ1n) is 6.45. The van der Waals surface area contributed by atoms with Crippen LogP contribution in [0, 0.1) is 5.92 Å². The zero-order valence-corrected chi connectivity index (χ0v) is 11.7. The second-order valence-corrected chi connectivity index (χ2v) is 5.95. The quantitative estimate of drug-likeness (QED) is 0.883. The fourth-order valence-corrected chi connectivity index (χ4v) is 2.90. The topological polar surface area (TPSA) is 61.0 Å². The fraction of sp³-hybridized carbons (Fsp3) is 0.667. The second kappa shape index (κ2) is 5.01. The van der Waals surface area contributed by atoms with E-state index < -0.39 is 0 Å². The van der Waals surface area contributed by atoms with Crippen LogP contribution in [0.15, 0.2) is 15.6 Å². The second-order valence-electron chi connectivity index (χ2n) is 5.16. The lowest BCUT2D eigenvalue weighted by Gasteiger charge is -2.15. The first kappa shape index (κ1) is 12.2. The van der Waals surface area contributed by atoms with Gasteiger partial charge in [0.05, 0.1) is 6.33 Å². The van der Waals surface area contributed by atoms with Crippen LogP contribution in [-0.4, -0.2) is 40.5 Å². The van der Waals surface area contributed by atoms with E-state index in [1.165, 1.54) is 38.7 Å². The molecule has 1 unspecified atom stereocenters. The molecule has 0 spiro atoms. The zero-order chi connectivity index (χ0) is 12.5. The Balaban J connectivity index is 1.55. The van der Waals surface area contributed by atoms with Crippen LogP contribution >= 0.6 is 15.9 Å². The van der Waals surface area contributed by atoms with Gasteiger partial charge in [-0.05, 0) is 47.7 Å². The number of aromatic amines is 1. The third-order valence-corrected chi connectivity index (χ3v) is 4.47. The SMILES string of the molecule is O=c1[nH]cnc(NCC2CCN(C3CC3)C2)c1Br. The summed E-state index contributed by atoms with van der Waals surface area (Å²) in [5.41, 5.74) is -0.140. The molecule has 0 aromatic carbocycles. The molecule has 2 N–H and O–H groups in total. The molecular weight excluding hydrogens is 296 g/mol. The summed E-state index contributed by atoms with van der Waals surface area (Å²) in [5, 5.41) is 3.27. The number of halogens is 1. The largest absolute Gasteiger partial charge is 0.369 e. The molecule has 1 aromatic rings. The van der Waals surface area contributed by atoms with Gasteiger partial charge in [0, 0.05) is 19.1 Å². The van der Waals surface area contributed by atoms with E-state index in [2.05, 4.69) is 36.1 Å². The summed E-state index contributed by atoms with van der Waals surface area (Å²) < 4.78 is 0.488. The molecule has 1 atom stereocenters. The van der Waals surface area contributed by atoms with Crippen molar-refractivity contribution >= 4 is 21.7 Å². The van der Waals surface area contributed by atoms with Crippen LogP contribution in [-0.2, 0) is 0 Å². The molecule has 0 bridgehead atoms. The van der Waals surface area contributed by atoms with Crippen molar-refractivity contribution in [2.45, 2.75) is 25.3 Å². The Hall–Kier alpha value is -0.880. The number of H-pyrrole nitrogens is 1. The van der Waals surface area contributed by atoms with Crippen LogP contribution in [0.5, 0.6) is 0 Å². The highest BCUT2D eigenvalue weighted by molar-refractivity contribution is 9.10. The number of likely N-dealkylation sites (tertiary alicyclic amines) is 1. The van der Waals surface area contributed by atoms with E-state index in [0.29, 0.717) is 16.2 Å². The van der Waals surface area contributed by atoms with Gasteiger partial charge in [0.15, 0.2) is 0 Å². The minimum atomic E-state index is -0.140. The normalized spacial score (nSPS) is 24.4. The summed E-state index contributed by atoms with van der Waals surface area (Å²) in [4.78, 5) is 20.7. The summed E-state index contributed by atoms with van der Waals surface area (Å²) in [6, 6.07) is 0.861. The predicted molar refractivity (Wildman–Crippen MR) is 73.7 cm³/mol. The van der Waals surface area contributed by atoms with Crippen molar-refractivity contribution in [1.82, 2.24) is 14.9 Å². The maximum Gasteiger partial charge on any atom is 0.267 e. The van der Waals surface area contributed by atoms with Gasteiger partial charge in [-0.25, -0.2) is 4.98 Å². The lowest BCUT2D eigenvalue weighted by molar-refractivity contribution is 0.316. The van der Waals surface area contributed by atoms with Crippen LogP contribution in [0.1, 0.15) is 19.3 Å². The van der Waals surface area contributed by atoms with Crippen molar-refractivity contribution < 1.29 is 0 Å². The molecule has 18 heavy (non-hydrogen) atoms. The Kier molecular flexibility index (Phi) is 3.39. The van der Waals surface area contributed by atoms with E-state index in [9.17, 15) is 4.79 Å². The Morgan fingerprint density at radius 1 is 1.50 bits per heavy atom. The van der Waals surface area contributed by atoms with Crippen LogP contribution in [0.3, 0.4) is 0 Å². The fourth-order valence-electron chi connectivity index (χ4n) is 2.55. The highest BCUT2D eigenvalue weighted by Gasteiger charge is 2.34. The third kappa shape index (κ3) is 2.59. The molecule has 3 rings (SSSR count). The van der Waals surface area contributed by atoms with E-state index in [0.717, 1.165) is 12.6 Å². The highest BCUT2D eigenvalue weighted by Crippen LogP contribution is 2.31. The van der Waals surface area contributed by atoms with Gasteiger partial charge in [0.2, 0.25) is 0 Å². The minimum absolute atomic E-state index is 0.140. The molecule has 6 heteroatoms. The van der Waals surface area contributed by atoms with E-state index in [4.69, 9.17) is 0 Å². The average molecular weight is 313 g/mol. The Morgan fingerprint density at radius 2 is 2.33 bits per heavy atom. The number of nitrogens with one attached hydrogen (secondary N) is 2. The molecule has 1 aromatic heterocycles. The van der Waals surface area contributed by atoms with Crippen molar-refractivity contribution in [3.63, 3.8) is 0 Å². The van der Waals surface area contributed by atoms with Crippen molar-refractivity contribution in [2.75, 3.05) is 25.0 Å². The lowest BCUT2D eigenvalue weighted by atomic mass is 10.1. The van der Waals surface area contributed by atoms with E-state index in [-0.39, 0.29) is 5.56 Å².